The summed E-state index contributed by atoms with van der Waals surface area (Å²) in [6.07, 6.45) is 3.01. The Kier molecular flexibility index (Phi) is 3.37. The van der Waals surface area contributed by atoms with Gasteiger partial charge in [0.25, 0.3) is 5.91 Å². The van der Waals surface area contributed by atoms with Crippen molar-refractivity contribution in [3.05, 3.63) is 24.0 Å². The van der Waals surface area contributed by atoms with Gasteiger partial charge in [0.15, 0.2) is 0 Å². The smallest absolute Gasteiger partial charge is 0.255 e. The highest BCUT2D eigenvalue weighted by molar-refractivity contribution is 5.93. The molecule has 1 aromatic heterocycles. The second-order valence-corrected chi connectivity index (χ2v) is 2.61. The van der Waals surface area contributed by atoms with Crippen molar-refractivity contribution in [2.75, 3.05) is 13.1 Å². The number of amides is 1. The third-order valence-corrected chi connectivity index (χ3v) is 1.88. The Bertz CT molecular complexity index is 269. The molecule has 0 saturated carbocycles. The number of aromatic nitrogens is 2. The second-order valence-electron chi connectivity index (χ2n) is 2.61. The van der Waals surface area contributed by atoms with Crippen LogP contribution in [0.2, 0.25) is 0 Å². The fourth-order valence-electron chi connectivity index (χ4n) is 1.11. The lowest BCUT2D eigenvalue weighted by Crippen LogP contribution is -2.30. The summed E-state index contributed by atoms with van der Waals surface area (Å²) in [6, 6.07) is 1.67. The van der Waals surface area contributed by atoms with Crippen LogP contribution >= 0.6 is 0 Å². The molecule has 70 valence electrons. The minimum absolute atomic E-state index is 0.0138. The van der Waals surface area contributed by atoms with Crippen molar-refractivity contribution in [3.63, 3.8) is 0 Å². The molecule has 1 aromatic rings. The first-order valence-electron chi connectivity index (χ1n) is 4.35. The molecule has 0 bridgehead atoms. The van der Waals surface area contributed by atoms with Gasteiger partial charge in [-0.3, -0.25) is 4.79 Å². The van der Waals surface area contributed by atoms with Gasteiger partial charge in [-0.25, -0.2) is 0 Å². The highest BCUT2D eigenvalue weighted by Crippen LogP contribution is 2.00. The second kappa shape index (κ2) is 4.54. The molecule has 0 radical (unpaired) electrons. The van der Waals surface area contributed by atoms with Gasteiger partial charge in [-0.05, 0) is 19.9 Å². The summed E-state index contributed by atoms with van der Waals surface area (Å²) in [5.74, 6) is 0.0138. The lowest BCUT2D eigenvalue weighted by Gasteiger charge is -2.17. The van der Waals surface area contributed by atoms with Crippen LogP contribution in [-0.2, 0) is 0 Å². The Morgan fingerprint density at radius 3 is 2.54 bits per heavy atom. The quantitative estimate of drug-likeness (QED) is 0.694. The van der Waals surface area contributed by atoms with E-state index in [1.165, 1.54) is 12.4 Å². The summed E-state index contributed by atoms with van der Waals surface area (Å²) in [4.78, 5) is 13.4. The maximum Gasteiger partial charge on any atom is 0.255 e. The first-order valence-corrected chi connectivity index (χ1v) is 4.35. The normalized spacial score (nSPS) is 9.69. The Balaban J connectivity index is 2.78. The minimum Gasteiger partial charge on any atom is -0.339 e. The molecule has 0 atom stereocenters. The summed E-state index contributed by atoms with van der Waals surface area (Å²) in [5, 5.41) is 7.28. The highest BCUT2D eigenvalue weighted by Gasteiger charge is 2.11. The van der Waals surface area contributed by atoms with Crippen LogP contribution in [0.4, 0.5) is 0 Å². The fraction of sp³-hybridized carbons (Fsp3) is 0.444. The number of carbonyl (C=O) groups is 1. The SMILES string of the molecule is CCN(CC)C(=O)c1ccnnc1. The molecule has 4 heteroatoms. The van der Waals surface area contributed by atoms with Crippen LogP contribution in [0.15, 0.2) is 18.5 Å². The number of rotatable bonds is 3. The van der Waals surface area contributed by atoms with Crippen LogP contribution in [0.5, 0.6) is 0 Å². The van der Waals surface area contributed by atoms with Crippen molar-refractivity contribution in [1.29, 1.82) is 0 Å². The lowest BCUT2D eigenvalue weighted by atomic mass is 10.2. The Hall–Kier alpha value is -1.45. The van der Waals surface area contributed by atoms with Gasteiger partial charge in [-0.1, -0.05) is 0 Å². The summed E-state index contributed by atoms with van der Waals surface area (Å²) in [7, 11) is 0. The molecule has 4 nitrogen and oxygen atoms in total. The zero-order chi connectivity index (χ0) is 9.68. The predicted molar refractivity (Wildman–Crippen MR) is 49.3 cm³/mol. The third kappa shape index (κ3) is 2.24. The van der Waals surface area contributed by atoms with Crippen molar-refractivity contribution in [2.45, 2.75) is 13.8 Å². The summed E-state index contributed by atoms with van der Waals surface area (Å²) in [5.41, 5.74) is 0.596. The molecule has 0 N–H and O–H groups in total. The van der Waals surface area contributed by atoms with Gasteiger partial charge >= 0.3 is 0 Å². The van der Waals surface area contributed by atoms with Crippen LogP contribution in [0.25, 0.3) is 0 Å². The van der Waals surface area contributed by atoms with Gasteiger partial charge in [0.2, 0.25) is 0 Å². The van der Waals surface area contributed by atoms with Gasteiger partial charge in [0.05, 0.1) is 18.0 Å². The highest BCUT2D eigenvalue weighted by atomic mass is 16.2. The molecule has 0 fully saturated rings. The molecule has 0 saturated heterocycles. The predicted octanol–water partition coefficient (Wildman–Crippen LogP) is 0.959. The van der Waals surface area contributed by atoms with E-state index >= 15 is 0 Å². The van der Waals surface area contributed by atoms with E-state index < -0.39 is 0 Å². The maximum atomic E-state index is 11.7. The molecule has 0 aliphatic rings. The molecule has 0 aliphatic carbocycles. The average Bonchev–Trinajstić information content (AvgIpc) is 2.21. The van der Waals surface area contributed by atoms with Crippen LogP contribution in [-0.4, -0.2) is 34.1 Å². The Morgan fingerprint density at radius 1 is 1.38 bits per heavy atom. The van der Waals surface area contributed by atoms with E-state index in [0.717, 1.165) is 13.1 Å². The minimum atomic E-state index is 0.0138. The van der Waals surface area contributed by atoms with Crippen molar-refractivity contribution in [2.24, 2.45) is 0 Å². The third-order valence-electron chi connectivity index (χ3n) is 1.88. The van der Waals surface area contributed by atoms with E-state index in [2.05, 4.69) is 10.2 Å². The first kappa shape index (κ1) is 9.64. The van der Waals surface area contributed by atoms with Crippen LogP contribution in [0.1, 0.15) is 24.2 Å². The first-order chi connectivity index (χ1) is 6.29. The van der Waals surface area contributed by atoms with Gasteiger partial charge < -0.3 is 4.90 Å². The lowest BCUT2D eigenvalue weighted by molar-refractivity contribution is 0.0772. The van der Waals surface area contributed by atoms with Crippen LogP contribution < -0.4 is 0 Å². The van der Waals surface area contributed by atoms with Gasteiger partial charge in [0, 0.05) is 13.1 Å². The Labute approximate surface area is 77.6 Å². The Morgan fingerprint density at radius 2 is 2.08 bits per heavy atom. The monoisotopic (exact) mass is 179 g/mol. The maximum absolute atomic E-state index is 11.7. The summed E-state index contributed by atoms with van der Waals surface area (Å²) in [6.45, 7) is 5.35. The van der Waals surface area contributed by atoms with Gasteiger partial charge in [-0.15, -0.1) is 0 Å². The molecular weight excluding hydrogens is 166 g/mol. The van der Waals surface area contributed by atoms with Gasteiger partial charge in [0.1, 0.15) is 0 Å². The van der Waals surface area contributed by atoms with Crippen molar-refractivity contribution in [1.82, 2.24) is 15.1 Å². The van der Waals surface area contributed by atoms with E-state index in [1.807, 2.05) is 13.8 Å². The topological polar surface area (TPSA) is 46.1 Å². The van der Waals surface area contributed by atoms with Crippen LogP contribution in [0, 0.1) is 0 Å². The van der Waals surface area contributed by atoms with Gasteiger partial charge in [-0.2, -0.15) is 10.2 Å². The molecule has 0 aliphatic heterocycles. The standard InChI is InChI=1S/C9H13N3O/c1-3-12(4-2)9(13)8-5-6-10-11-7-8/h5-7H,3-4H2,1-2H3. The molecule has 0 spiro atoms. The number of nitrogens with zero attached hydrogens (tertiary/aromatic N) is 3. The van der Waals surface area contributed by atoms with E-state index in [4.69, 9.17) is 0 Å². The largest absolute Gasteiger partial charge is 0.339 e. The summed E-state index contributed by atoms with van der Waals surface area (Å²) < 4.78 is 0. The average molecular weight is 179 g/mol. The molecule has 1 amide bonds. The van der Waals surface area contributed by atoms with E-state index in [-0.39, 0.29) is 5.91 Å². The molecule has 0 unspecified atom stereocenters. The molecular formula is C9H13N3O. The molecule has 1 rings (SSSR count). The zero-order valence-corrected chi connectivity index (χ0v) is 7.90. The zero-order valence-electron chi connectivity index (χ0n) is 7.90. The van der Waals surface area contributed by atoms with Crippen molar-refractivity contribution < 1.29 is 4.79 Å². The van der Waals surface area contributed by atoms with E-state index in [0.29, 0.717) is 5.56 Å². The van der Waals surface area contributed by atoms with Crippen molar-refractivity contribution >= 4 is 5.91 Å². The molecule has 0 aromatic carbocycles. The number of carbonyl (C=O) groups excluding carboxylic acids is 1. The van der Waals surface area contributed by atoms with E-state index in [9.17, 15) is 4.79 Å². The summed E-state index contributed by atoms with van der Waals surface area (Å²) >= 11 is 0. The number of hydrogen-bond donors (Lipinski definition) is 0. The van der Waals surface area contributed by atoms with Crippen LogP contribution in [0.3, 0.4) is 0 Å². The van der Waals surface area contributed by atoms with E-state index in [1.54, 1.807) is 11.0 Å². The van der Waals surface area contributed by atoms with Crippen molar-refractivity contribution in [3.8, 4) is 0 Å². The molecule has 1 heterocycles. The number of hydrogen-bond acceptors (Lipinski definition) is 3. The molecule has 13 heavy (non-hydrogen) atoms. The fourth-order valence-corrected chi connectivity index (χ4v) is 1.11.